The minimum atomic E-state index is -0.366. The van der Waals surface area contributed by atoms with Crippen molar-refractivity contribution in [2.24, 2.45) is 5.73 Å². The van der Waals surface area contributed by atoms with E-state index in [0.717, 1.165) is 5.69 Å². The molecule has 0 atom stereocenters. The number of halogens is 1. The van der Waals surface area contributed by atoms with E-state index in [2.05, 4.69) is 16.8 Å². The maximum absolute atomic E-state index is 13.2. The van der Waals surface area contributed by atoms with E-state index < -0.39 is 0 Å². The van der Waals surface area contributed by atoms with E-state index >= 15 is 0 Å². The molecule has 0 spiro atoms. The Hall–Kier alpha value is -2.38. The maximum atomic E-state index is 13.2. The van der Waals surface area contributed by atoms with Gasteiger partial charge in [0.15, 0.2) is 0 Å². The van der Waals surface area contributed by atoms with Gasteiger partial charge in [-0.05, 0) is 24.3 Å². The Morgan fingerprint density at radius 2 is 2.16 bits per heavy atom. The topological polar surface area (TPSA) is 48.1 Å². The third kappa shape index (κ3) is 3.80. The van der Waals surface area contributed by atoms with E-state index in [0.29, 0.717) is 11.3 Å². The molecule has 3 nitrogen and oxygen atoms in total. The lowest BCUT2D eigenvalue weighted by Gasteiger charge is -2.08. The summed E-state index contributed by atoms with van der Waals surface area (Å²) in [5.41, 5.74) is 6.70. The Kier molecular flexibility index (Phi) is 4.49. The van der Waals surface area contributed by atoms with Crippen LogP contribution in [0.15, 0.2) is 42.6 Å². The predicted octanol–water partition coefficient (Wildman–Crippen LogP) is 2.11. The lowest BCUT2D eigenvalue weighted by atomic mass is 10.2. The Labute approximate surface area is 111 Å². The van der Waals surface area contributed by atoms with Crippen molar-refractivity contribution in [2.45, 2.75) is 6.61 Å². The molecule has 0 amide bonds. The predicted molar refractivity (Wildman–Crippen MR) is 70.9 cm³/mol. The second-order valence-corrected chi connectivity index (χ2v) is 3.76. The molecular weight excluding hydrogens is 243 g/mol. The highest BCUT2D eigenvalue weighted by atomic mass is 19.1. The third-order valence-corrected chi connectivity index (χ3v) is 2.37. The van der Waals surface area contributed by atoms with E-state index in [9.17, 15) is 4.39 Å². The van der Waals surface area contributed by atoms with Crippen LogP contribution in [0.3, 0.4) is 0 Å². The van der Waals surface area contributed by atoms with Crippen LogP contribution in [0.4, 0.5) is 4.39 Å². The molecule has 2 rings (SSSR count). The van der Waals surface area contributed by atoms with Gasteiger partial charge in [-0.15, -0.1) is 0 Å². The van der Waals surface area contributed by atoms with Crippen molar-refractivity contribution >= 4 is 0 Å². The fourth-order valence-corrected chi connectivity index (χ4v) is 1.50. The molecule has 19 heavy (non-hydrogen) atoms. The van der Waals surface area contributed by atoms with Crippen LogP contribution in [0.25, 0.3) is 0 Å². The number of hydrogen-bond acceptors (Lipinski definition) is 3. The molecule has 0 fully saturated rings. The molecule has 96 valence electrons. The van der Waals surface area contributed by atoms with E-state index in [1.54, 1.807) is 12.3 Å². The van der Waals surface area contributed by atoms with E-state index in [1.165, 1.54) is 12.1 Å². The Morgan fingerprint density at radius 1 is 1.26 bits per heavy atom. The summed E-state index contributed by atoms with van der Waals surface area (Å²) in [6.07, 6.45) is 1.68. The van der Waals surface area contributed by atoms with Gasteiger partial charge >= 0.3 is 0 Å². The van der Waals surface area contributed by atoms with Gasteiger partial charge in [-0.3, -0.25) is 4.98 Å². The zero-order chi connectivity index (χ0) is 13.5. The molecule has 0 aliphatic rings. The molecule has 2 N–H and O–H groups in total. The molecule has 0 aliphatic heterocycles. The zero-order valence-electron chi connectivity index (χ0n) is 10.3. The van der Waals surface area contributed by atoms with Crippen LogP contribution in [-0.4, -0.2) is 11.5 Å². The summed E-state index contributed by atoms with van der Waals surface area (Å²) in [6.45, 7) is 0.513. The molecular formula is C15H13FN2O. The number of pyridine rings is 1. The molecule has 1 aromatic carbocycles. The number of hydrogen-bond donors (Lipinski definition) is 1. The summed E-state index contributed by atoms with van der Waals surface area (Å²) in [7, 11) is 0. The molecule has 1 heterocycles. The number of nitrogens with zero attached hydrogens (tertiary/aromatic N) is 1. The van der Waals surface area contributed by atoms with Gasteiger partial charge in [-0.2, -0.15) is 0 Å². The van der Waals surface area contributed by atoms with Gasteiger partial charge in [0.25, 0.3) is 0 Å². The van der Waals surface area contributed by atoms with Crippen molar-refractivity contribution < 1.29 is 9.13 Å². The van der Waals surface area contributed by atoms with Gasteiger partial charge in [0.1, 0.15) is 18.2 Å². The lowest BCUT2D eigenvalue weighted by molar-refractivity contribution is 0.299. The molecule has 4 heteroatoms. The molecule has 2 aromatic rings. The highest BCUT2D eigenvalue weighted by Crippen LogP contribution is 2.20. The average Bonchev–Trinajstić information content (AvgIpc) is 2.45. The summed E-state index contributed by atoms with van der Waals surface area (Å²) >= 11 is 0. The van der Waals surface area contributed by atoms with Crippen molar-refractivity contribution in [1.82, 2.24) is 4.98 Å². The molecule has 0 unspecified atom stereocenters. The van der Waals surface area contributed by atoms with Crippen LogP contribution >= 0.6 is 0 Å². The molecule has 0 saturated carbocycles. The number of nitrogens with two attached hydrogens (primary N) is 1. The Bertz CT molecular complexity index is 603. The second-order valence-electron chi connectivity index (χ2n) is 3.76. The monoisotopic (exact) mass is 256 g/mol. The van der Waals surface area contributed by atoms with E-state index in [4.69, 9.17) is 10.5 Å². The maximum Gasteiger partial charge on any atom is 0.138 e. The van der Waals surface area contributed by atoms with Crippen molar-refractivity contribution in [3.63, 3.8) is 0 Å². The summed E-state index contributed by atoms with van der Waals surface area (Å²) in [6, 6.07) is 9.75. The van der Waals surface area contributed by atoms with Gasteiger partial charge in [0, 0.05) is 12.3 Å². The molecule has 0 bridgehead atoms. The fourth-order valence-electron chi connectivity index (χ4n) is 1.50. The van der Waals surface area contributed by atoms with Gasteiger partial charge in [0.2, 0.25) is 0 Å². The normalized spacial score (nSPS) is 9.58. The number of benzene rings is 1. The minimum Gasteiger partial charge on any atom is -0.486 e. The second kappa shape index (κ2) is 6.53. The lowest BCUT2D eigenvalue weighted by Crippen LogP contribution is -2.00. The first-order chi connectivity index (χ1) is 9.29. The van der Waals surface area contributed by atoms with Gasteiger partial charge in [-0.1, -0.05) is 17.9 Å². The number of ether oxygens (including phenoxy) is 1. The third-order valence-electron chi connectivity index (χ3n) is 2.37. The standard InChI is InChI=1S/C15H13FN2O/c16-13-7-6-12(4-3-8-17)15(10-13)19-11-14-5-1-2-9-18-14/h1-2,5-7,9-10H,8,11,17H2. The fraction of sp³-hybridized carbons (Fsp3) is 0.133. The Balaban J connectivity index is 2.16. The first-order valence-electron chi connectivity index (χ1n) is 5.81. The minimum absolute atomic E-state index is 0.247. The van der Waals surface area contributed by atoms with Crippen molar-refractivity contribution in [1.29, 1.82) is 0 Å². The van der Waals surface area contributed by atoms with Crippen LogP contribution < -0.4 is 10.5 Å². The molecule has 0 radical (unpaired) electrons. The zero-order valence-corrected chi connectivity index (χ0v) is 10.3. The summed E-state index contributed by atoms with van der Waals surface area (Å²) < 4.78 is 18.8. The number of aromatic nitrogens is 1. The first-order valence-corrected chi connectivity index (χ1v) is 5.81. The molecule has 0 saturated heterocycles. The highest BCUT2D eigenvalue weighted by Gasteiger charge is 2.04. The Morgan fingerprint density at radius 3 is 2.89 bits per heavy atom. The summed E-state index contributed by atoms with van der Waals surface area (Å²) in [5.74, 6) is 5.60. The van der Waals surface area contributed by atoms with Gasteiger partial charge < -0.3 is 10.5 Å². The number of rotatable bonds is 3. The molecule has 1 aromatic heterocycles. The largest absolute Gasteiger partial charge is 0.486 e. The van der Waals surface area contributed by atoms with E-state index in [1.807, 2.05) is 18.2 Å². The average molecular weight is 256 g/mol. The summed E-state index contributed by atoms with van der Waals surface area (Å²) in [4.78, 5) is 4.13. The van der Waals surface area contributed by atoms with Gasteiger partial charge in [0.05, 0.1) is 17.8 Å². The van der Waals surface area contributed by atoms with Crippen LogP contribution in [-0.2, 0) is 6.61 Å². The van der Waals surface area contributed by atoms with Crippen LogP contribution in [0.5, 0.6) is 5.75 Å². The first kappa shape index (κ1) is 13.1. The van der Waals surface area contributed by atoms with Crippen LogP contribution in [0.1, 0.15) is 11.3 Å². The van der Waals surface area contributed by atoms with Crippen LogP contribution in [0, 0.1) is 17.7 Å². The quantitative estimate of drug-likeness (QED) is 0.856. The van der Waals surface area contributed by atoms with Crippen LogP contribution in [0.2, 0.25) is 0 Å². The highest BCUT2D eigenvalue weighted by molar-refractivity contribution is 5.46. The SMILES string of the molecule is NCC#Cc1ccc(F)cc1OCc1ccccn1. The van der Waals surface area contributed by atoms with Crippen molar-refractivity contribution in [2.75, 3.05) is 6.54 Å². The summed E-state index contributed by atoms with van der Waals surface area (Å²) in [5, 5.41) is 0. The van der Waals surface area contributed by atoms with E-state index in [-0.39, 0.29) is 19.0 Å². The van der Waals surface area contributed by atoms with Gasteiger partial charge in [-0.25, -0.2) is 4.39 Å². The van der Waals surface area contributed by atoms with Crippen molar-refractivity contribution in [3.8, 4) is 17.6 Å². The smallest absolute Gasteiger partial charge is 0.138 e. The van der Waals surface area contributed by atoms with Crippen molar-refractivity contribution in [3.05, 3.63) is 59.7 Å². The molecule has 0 aliphatic carbocycles.